The lowest BCUT2D eigenvalue weighted by Crippen LogP contribution is -2.43. The molecule has 0 aromatic rings. The molecule has 1 saturated carbocycles. The van der Waals surface area contributed by atoms with E-state index in [2.05, 4.69) is 5.32 Å². The maximum Gasteiger partial charge on any atom is 0.310 e. The maximum absolute atomic E-state index is 11.4. The third-order valence-electron chi connectivity index (χ3n) is 2.89. The molecule has 1 aliphatic carbocycles. The molecule has 1 aliphatic rings. The predicted octanol–water partition coefficient (Wildman–Crippen LogP) is 0.394. The summed E-state index contributed by atoms with van der Waals surface area (Å²) in [7, 11) is 1.55. The molecule has 86 valence electrons. The van der Waals surface area contributed by atoms with Gasteiger partial charge in [-0.3, -0.25) is 9.59 Å². The number of amides is 1. The van der Waals surface area contributed by atoms with E-state index in [4.69, 9.17) is 9.84 Å². The fourth-order valence-electron chi connectivity index (χ4n) is 1.73. The van der Waals surface area contributed by atoms with Crippen molar-refractivity contribution in [1.82, 2.24) is 5.32 Å². The number of rotatable bonds is 6. The molecule has 5 nitrogen and oxygen atoms in total. The smallest absolute Gasteiger partial charge is 0.310 e. The number of carboxylic acid groups (broad SMARTS) is 1. The van der Waals surface area contributed by atoms with Gasteiger partial charge in [0.15, 0.2) is 0 Å². The molecule has 0 unspecified atom stereocenters. The van der Waals surface area contributed by atoms with E-state index in [1.54, 1.807) is 7.11 Å². The van der Waals surface area contributed by atoms with Crippen LogP contribution in [-0.4, -0.2) is 37.2 Å². The lowest BCUT2D eigenvalue weighted by molar-refractivity contribution is -0.157. The molecular weight excluding hydrogens is 198 g/mol. The van der Waals surface area contributed by atoms with Crippen LogP contribution in [-0.2, 0) is 14.3 Å². The minimum absolute atomic E-state index is 0.0893. The predicted molar refractivity (Wildman–Crippen MR) is 53.4 cm³/mol. The van der Waals surface area contributed by atoms with Crippen LogP contribution < -0.4 is 5.32 Å². The van der Waals surface area contributed by atoms with Crippen LogP contribution in [0.15, 0.2) is 0 Å². The third kappa shape index (κ3) is 2.92. The van der Waals surface area contributed by atoms with E-state index in [1.165, 1.54) is 0 Å². The lowest BCUT2D eigenvalue weighted by atomic mass is 9.66. The van der Waals surface area contributed by atoms with Crippen molar-refractivity contribution in [3.05, 3.63) is 0 Å². The van der Waals surface area contributed by atoms with Crippen molar-refractivity contribution in [2.45, 2.75) is 25.7 Å². The second-order valence-electron chi connectivity index (χ2n) is 3.96. The Morgan fingerprint density at radius 3 is 2.53 bits per heavy atom. The normalized spacial score (nSPS) is 17.9. The minimum atomic E-state index is -0.851. The number of aliphatic carboxylic acids is 1. The fourth-order valence-corrected chi connectivity index (χ4v) is 1.73. The molecule has 0 saturated heterocycles. The molecule has 5 heteroatoms. The van der Waals surface area contributed by atoms with Crippen LogP contribution in [0.3, 0.4) is 0 Å². The zero-order valence-electron chi connectivity index (χ0n) is 8.91. The van der Waals surface area contributed by atoms with Crippen molar-refractivity contribution < 1.29 is 19.4 Å². The molecule has 15 heavy (non-hydrogen) atoms. The summed E-state index contributed by atoms with van der Waals surface area (Å²) in [6.45, 7) is 0.886. The average molecular weight is 215 g/mol. The molecule has 0 aromatic heterocycles. The second kappa shape index (κ2) is 5.11. The summed E-state index contributed by atoms with van der Waals surface area (Å²) in [5, 5.41) is 11.6. The summed E-state index contributed by atoms with van der Waals surface area (Å²) in [6, 6.07) is 0. The number of ether oxygens (including phenoxy) is 1. The Balaban J connectivity index is 2.32. The Morgan fingerprint density at radius 1 is 1.47 bits per heavy atom. The number of carbonyl (C=O) groups is 2. The summed E-state index contributed by atoms with van der Waals surface area (Å²) in [4.78, 5) is 22.4. The molecule has 1 rings (SSSR count). The molecule has 0 aromatic carbocycles. The lowest BCUT2D eigenvalue weighted by Gasteiger charge is -2.36. The monoisotopic (exact) mass is 215 g/mol. The number of nitrogens with one attached hydrogen (secondary N) is 1. The van der Waals surface area contributed by atoms with E-state index in [1.807, 2.05) is 0 Å². The van der Waals surface area contributed by atoms with Crippen LogP contribution in [0.1, 0.15) is 25.7 Å². The molecule has 2 N–H and O–H groups in total. The Hall–Kier alpha value is -1.10. The Morgan fingerprint density at radius 2 is 2.13 bits per heavy atom. The summed E-state index contributed by atoms with van der Waals surface area (Å²) < 4.78 is 4.78. The van der Waals surface area contributed by atoms with E-state index >= 15 is 0 Å². The van der Waals surface area contributed by atoms with Gasteiger partial charge in [-0.15, -0.1) is 0 Å². The van der Waals surface area contributed by atoms with Gasteiger partial charge < -0.3 is 15.2 Å². The van der Waals surface area contributed by atoms with Gasteiger partial charge in [-0.2, -0.15) is 0 Å². The van der Waals surface area contributed by atoms with E-state index in [-0.39, 0.29) is 12.3 Å². The van der Waals surface area contributed by atoms with Crippen molar-refractivity contribution in [2.75, 3.05) is 20.3 Å². The standard InChI is InChI=1S/C10H17NO4/c1-15-6-5-11-8(12)7-10(9(13)14)3-2-4-10/h2-7H2,1H3,(H,11,12)(H,13,14). The van der Waals surface area contributed by atoms with Crippen molar-refractivity contribution >= 4 is 11.9 Å². The van der Waals surface area contributed by atoms with Gasteiger partial charge in [0.05, 0.1) is 12.0 Å². The highest BCUT2D eigenvalue weighted by atomic mass is 16.5. The summed E-state index contributed by atoms with van der Waals surface area (Å²) in [6.07, 6.45) is 2.21. The number of hydrogen-bond acceptors (Lipinski definition) is 3. The van der Waals surface area contributed by atoms with E-state index in [9.17, 15) is 9.59 Å². The van der Waals surface area contributed by atoms with Crippen molar-refractivity contribution in [3.8, 4) is 0 Å². The first-order valence-corrected chi connectivity index (χ1v) is 5.10. The number of carboxylic acids is 1. The van der Waals surface area contributed by atoms with E-state index < -0.39 is 11.4 Å². The highest BCUT2D eigenvalue weighted by Gasteiger charge is 2.45. The van der Waals surface area contributed by atoms with Crippen molar-refractivity contribution in [2.24, 2.45) is 5.41 Å². The van der Waals surface area contributed by atoms with Crippen LogP contribution in [0.25, 0.3) is 0 Å². The van der Waals surface area contributed by atoms with E-state index in [0.29, 0.717) is 26.0 Å². The Kier molecular flexibility index (Phi) is 4.08. The molecule has 0 radical (unpaired) electrons. The van der Waals surface area contributed by atoms with Gasteiger partial charge >= 0.3 is 5.97 Å². The van der Waals surface area contributed by atoms with Crippen molar-refractivity contribution in [3.63, 3.8) is 0 Å². The van der Waals surface area contributed by atoms with Crippen molar-refractivity contribution in [1.29, 1.82) is 0 Å². The highest BCUT2D eigenvalue weighted by molar-refractivity contribution is 5.85. The minimum Gasteiger partial charge on any atom is -0.481 e. The van der Waals surface area contributed by atoms with Gasteiger partial charge in [0.1, 0.15) is 0 Å². The molecular formula is C10H17NO4. The molecule has 0 bridgehead atoms. The number of methoxy groups -OCH3 is 1. The van der Waals surface area contributed by atoms with Gasteiger partial charge in [0.25, 0.3) is 0 Å². The first-order valence-electron chi connectivity index (χ1n) is 5.10. The second-order valence-corrected chi connectivity index (χ2v) is 3.96. The van der Waals surface area contributed by atoms with Gasteiger partial charge in [-0.05, 0) is 12.8 Å². The average Bonchev–Trinajstić information content (AvgIpc) is 2.11. The maximum atomic E-state index is 11.4. The first-order chi connectivity index (χ1) is 7.10. The van der Waals surface area contributed by atoms with Gasteiger partial charge in [-0.25, -0.2) is 0 Å². The number of carbonyl (C=O) groups excluding carboxylic acids is 1. The zero-order chi connectivity index (χ0) is 11.3. The van der Waals surface area contributed by atoms with Crippen LogP contribution in [0.2, 0.25) is 0 Å². The summed E-state index contributed by atoms with van der Waals surface area (Å²) >= 11 is 0. The zero-order valence-corrected chi connectivity index (χ0v) is 8.91. The quantitative estimate of drug-likeness (QED) is 0.629. The first kappa shape index (κ1) is 12.0. The molecule has 0 spiro atoms. The van der Waals surface area contributed by atoms with E-state index in [0.717, 1.165) is 6.42 Å². The molecule has 0 heterocycles. The molecule has 1 amide bonds. The fraction of sp³-hybridized carbons (Fsp3) is 0.800. The van der Waals surface area contributed by atoms with Crippen LogP contribution in [0.5, 0.6) is 0 Å². The van der Waals surface area contributed by atoms with Crippen LogP contribution in [0.4, 0.5) is 0 Å². The molecule has 0 atom stereocenters. The van der Waals surface area contributed by atoms with Crippen LogP contribution in [0, 0.1) is 5.41 Å². The molecule has 1 fully saturated rings. The molecule has 0 aliphatic heterocycles. The van der Waals surface area contributed by atoms with Crippen LogP contribution >= 0.6 is 0 Å². The largest absolute Gasteiger partial charge is 0.481 e. The Bertz CT molecular complexity index is 248. The summed E-state index contributed by atoms with van der Waals surface area (Å²) in [5.74, 6) is -1.05. The Labute approximate surface area is 88.8 Å². The van der Waals surface area contributed by atoms with Gasteiger partial charge in [0, 0.05) is 20.1 Å². The number of hydrogen-bond donors (Lipinski definition) is 2. The van der Waals surface area contributed by atoms with Gasteiger partial charge in [-0.1, -0.05) is 6.42 Å². The third-order valence-corrected chi connectivity index (χ3v) is 2.89. The highest BCUT2D eigenvalue weighted by Crippen LogP contribution is 2.44. The SMILES string of the molecule is COCCNC(=O)CC1(C(=O)O)CCC1. The van der Waals surface area contributed by atoms with Gasteiger partial charge in [0.2, 0.25) is 5.91 Å². The topological polar surface area (TPSA) is 75.6 Å². The summed E-state index contributed by atoms with van der Waals surface area (Å²) in [5.41, 5.74) is -0.794.